The third-order valence-corrected chi connectivity index (χ3v) is 7.52. The average molecular weight is 475 g/mol. The summed E-state index contributed by atoms with van der Waals surface area (Å²) in [7, 11) is 0. The highest BCUT2D eigenvalue weighted by Gasteiger charge is 2.71. The van der Waals surface area contributed by atoms with Gasteiger partial charge in [-0.05, 0) is 38.5 Å². The van der Waals surface area contributed by atoms with Crippen molar-refractivity contribution in [3.05, 3.63) is 24.3 Å². The number of unbranched alkanes of at least 4 members (excludes halogenated alkanes) is 4. The number of rotatable bonds is 9. The predicted octanol–water partition coefficient (Wildman–Crippen LogP) is 2.21. The Morgan fingerprint density at radius 2 is 1.88 bits per heavy atom. The molecule has 8 nitrogen and oxygen atoms in total. The highest BCUT2D eigenvalue weighted by Crippen LogP contribution is 2.53. The summed E-state index contributed by atoms with van der Waals surface area (Å²) in [6.07, 6.45) is 13.7. The molecule has 0 aliphatic carbocycles. The van der Waals surface area contributed by atoms with E-state index in [-0.39, 0.29) is 18.4 Å². The van der Waals surface area contributed by atoms with Gasteiger partial charge in [-0.25, -0.2) is 0 Å². The Bertz CT molecular complexity index is 826. The molecule has 0 bridgehead atoms. The molecule has 8 heteroatoms. The molecule has 4 heterocycles. The molecule has 0 radical (unpaired) electrons. The number of likely N-dealkylation sites (tertiary alicyclic amines) is 1. The Morgan fingerprint density at radius 3 is 2.68 bits per heavy atom. The fourth-order valence-electron chi connectivity index (χ4n) is 5.86. The summed E-state index contributed by atoms with van der Waals surface area (Å²) in [4.78, 5) is 44.4. The maximum absolute atomic E-state index is 13.9. The molecule has 4 aliphatic rings. The second-order valence-corrected chi connectivity index (χ2v) is 9.79. The lowest BCUT2D eigenvalue weighted by Gasteiger charge is -2.35. The molecular formula is C26H38N2O6. The average Bonchev–Trinajstić information content (AvgIpc) is 3.23. The summed E-state index contributed by atoms with van der Waals surface area (Å²) in [5.41, 5.74) is -1.18. The lowest BCUT2D eigenvalue weighted by Crippen LogP contribution is -2.55. The van der Waals surface area contributed by atoms with Gasteiger partial charge in [-0.3, -0.25) is 14.4 Å². The van der Waals surface area contributed by atoms with Crippen molar-refractivity contribution in [2.24, 2.45) is 11.8 Å². The number of amides is 2. The molecule has 1 N–H and O–H groups in total. The highest BCUT2D eigenvalue weighted by atomic mass is 16.6. The molecule has 0 saturated carbocycles. The van der Waals surface area contributed by atoms with E-state index in [4.69, 9.17) is 14.6 Å². The van der Waals surface area contributed by atoms with Crippen LogP contribution in [0.25, 0.3) is 0 Å². The summed E-state index contributed by atoms with van der Waals surface area (Å²) in [6, 6.07) is -0.795. The van der Waals surface area contributed by atoms with E-state index in [1.165, 1.54) is 0 Å². The first-order valence-corrected chi connectivity index (χ1v) is 12.9. The minimum absolute atomic E-state index is 0.0991. The van der Waals surface area contributed by atoms with E-state index in [2.05, 4.69) is 6.92 Å². The zero-order valence-corrected chi connectivity index (χ0v) is 20.2. The van der Waals surface area contributed by atoms with Crippen LogP contribution in [0, 0.1) is 11.8 Å². The second-order valence-electron chi connectivity index (χ2n) is 9.79. The van der Waals surface area contributed by atoms with Crippen LogP contribution < -0.4 is 0 Å². The van der Waals surface area contributed by atoms with Gasteiger partial charge in [-0.15, -0.1) is 0 Å². The highest BCUT2D eigenvalue weighted by molar-refractivity contribution is 5.99. The second kappa shape index (κ2) is 11.0. The Morgan fingerprint density at radius 1 is 1.06 bits per heavy atom. The van der Waals surface area contributed by atoms with Gasteiger partial charge in [0.1, 0.15) is 17.6 Å². The number of fused-ring (bicyclic) bond motifs is 2. The number of allylic oxidation sites excluding steroid dienone is 1. The van der Waals surface area contributed by atoms with E-state index in [1.54, 1.807) is 4.90 Å². The summed E-state index contributed by atoms with van der Waals surface area (Å²) in [5.74, 6) is -2.29. The standard InChI is InChI=1S/C26H38N2O6/c1-2-3-7-14-27-15-11-13-26-21(20-19(34-26)12-6-4-10-18-33-25(20)32)23(30)28(22(26)24(27)31)16-8-5-9-17-29/h6,11-13,19-22,29H,2-5,7-10,14-18H2,1H3/b12-6-/t19-,20+,21-,22?,26-/m0/s1. The van der Waals surface area contributed by atoms with Crippen LogP contribution in [0.4, 0.5) is 0 Å². The van der Waals surface area contributed by atoms with E-state index in [0.717, 1.165) is 38.5 Å². The number of hydrogen-bond donors (Lipinski definition) is 1. The van der Waals surface area contributed by atoms with Crippen molar-refractivity contribution >= 4 is 17.8 Å². The van der Waals surface area contributed by atoms with Gasteiger partial charge in [0.05, 0.1) is 18.6 Å². The van der Waals surface area contributed by atoms with Gasteiger partial charge in [-0.1, -0.05) is 44.1 Å². The van der Waals surface area contributed by atoms with Crippen molar-refractivity contribution < 1.29 is 29.0 Å². The summed E-state index contributed by atoms with van der Waals surface area (Å²) >= 11 is 0. The van der Waals surface area contributed by atoms with Gasteiger partial charge in [0.2, 0.25) is 11.8 Å². The van der Waals surface area contributed by atoms with Gasteiger partial charge < -0.3 is 24.4 Å². The molecule has 0 aromatic carbocycles. The third kappa shape index (κ3) is 4.54. The van der Waals surface area contributed by atoms with Crippen LogP contribution >= 0.6 is 0 Å². The number of cyclic esters (lactones) is 1. The molecule has 5 atom stereocenters. The summed E-state index contributed by atoms with van der Waals surface area (Å²) in [5, 5.41) is 9.15. The number of ether oxygens (including phenoxy) is 2. The molecule has 188 valence electrons. The van der Waals surface area contributed by atoms with Crippen molar-refractivity contribution in [1.82, 2.24) is 9.80 Å². The number of aliphatic hydroxyl groups is 1. The first-order chi connectivity index (χ1) is 16.5. The monoisotopic (exact) mass is 474 g/mol. The van der Waals surface area contributed by atoms with Crippen LogP contribution in [0.5, 0.6) is 0 Å². The minimum Gasteiger partial charge on any atom is -0.465 e. The Kier molecular flexibility index (Phi) is 8.09. The number of aliphatic hydroxyl groups excluding tert-OH is 1. The fourth-order valence-corrected chi connectivity index (χ4v) is 5.86. The quantitative estimate of drug-likeness (QED) is 0.313. The van der Waals surface area contributed by atoms with Gasteiger partial charge in [-0.2, -0.15) is 0 Å². The molecule has 0 aromatic heterocycles. The summed E-state index contributed by atoms with van der Waals surface area (Å²) < 4.78 is 12.1. The topological polar surface area (TPSA) is 96.4 Å². The van der Waals surface area contributed by atoms with E-state index < -0.39 is 35.6 Å². The zero-order chi connectivity index (χ0) is 24.1. The number of carbonyl (C=O) groups is 3. The Labute approximate surface area is 201 Å². The van der Waals surface area contributed by atoms with E-state index in [9.17, 15) is 14.4 Å². The molecule has 2 fully saturated rings. The minimum atomic E-state index is -1.18. The molecule has 34 heavy (non-hydrogen) atoms. The van der Waals surface area contributed by atoms with Crippen molar-refractivity contribution in [2.45, 2.75) is 76.0 Å². The van der Waals surface area contributed by atoms with Crippen molar-refractivity contribution in [2.75, 3.05) is 32.8 Å². The maximum atomic E-state index is 13.9. The normalized spacial score (nSPS) is 34.0. The molecule has 4 rings (SSSR count). The lowest BCUT2D eigenvalue weighted by molar-refractivity contribution is -0.154. The van der Waals surface area contributed by atoms with Crippen LogP contribution in [-0.2, 0) is 23.9 Å². The Hall–Kier alpha value is -2.19. The van der Waals surface area contributed by atoms with Crippen molar-refractivity contribution in [1.29, 1.82) is 0 Å². The molecule has 0 aromatic rings. The van der Waals surface area contributed by atoms with E-state index in [0.29, 0.717) is 39.1 Å². The van der Waals surface area contributed by atoms with E-state index >= 15 is 0 Å². The van der Waals surface area contributed by atoms with Crippen LogP contribution in [-0.4, -0.2) is 83.3 Å². The fraction of sp³-hybridized carbons (Fsp3) is 0.731. The number of esters is 1. The molecule has 1 unspecified atom stereocenters. The summed E-state index contributed by atoms with van der Waals surface area (Å²) in [6.45, 7) is 4.04. The molecule has 1 spiro atoms. The molecule has 2 saturated heterocycles. The number of hydrogen-bond acceptors (Lipinski definition) is 6. The van der Waals surface area contributed by atoms with Crippen LogP contribution in [0.3, 0.4) is 0 Å². The van der Waals surface area contributed by atoms with Crippen molar-refractivity contribution in [3.63, 3.8) is 0 Å². The first kappa shape index (κ1) is 24.9. The van der Waals surface area contributed by atoms with E-state index in [1.807, 2.05) is 29.2 Å². The Balaban J connectivity index is 1.69. The predicted molar refractivity (Wildman–Crippen MR) is 126 cm³/mol. The van der Waals surface area contributed by atoms with Gasteiger partial charge in [0, 0.05) is 26.2 Å². The largest absolute Gasteiger partial charge is 0.465 e. The molecule has 4 aliphatic heterocycles. The first-order valence-electron chi connectivity index (χ1n) is 12.9. The molecule has 2 amide bonds. The van der Waals surface area contributed by atoms with Crippen molar-refractivity contribution in [3.8, 4) is 0 Å². The number of nitrogens with zero attached hydrogens (tertiary/aromatic N) is 2. The van der Waals surface area contributed by atoms with Gasteiger partial charge >= 0.3 is 5.97 Å². The number of carbonyl (C=O) groups excluding carboxylic acids is 3. The van der Waals surface area contributed by atoms with Crippen LogP contribution in [0.2, 0.25) is 0 Å². The molecular weight excluding hydrogens is 436 g/mol. The lowest BCUT2D eigenvalue weighted by atomic mass is 9.78. The zero-order valence-electron chi connectivity index (χ0n) is 20.2. The SMILES string of the molecule is CCCCCN1CC=C[C@]23O[C@H]4/C=C\CCCOC(=O)[C@H]4[C@H]2C(=O)N(CCCCCO)C3C1=O. The van der Waals surface area contributed by atoms with Gasteiger partial charge in [0.15, 0.2) is 0 Å². The maximum Gasteiger partial charge on any atom is 0.312 e. The smallest absolute Gasteiger partial charge is 0.312 e. The van der Waals surface area contributed by atoms with Crippen LogP contribution in [0.15, 0.2) is 24.3 Å². The van der Waals surface area contributed by atoms with Crippen LogP contribution in [0.1, 0.15) is 58.3 Å². The third-order valence-electron chi connectivity index (χ3n) is 7.52. The van der Waals surface area contributed by atoms with Gasteiger partial charge in [0.25, 0.3) is 0 Å².